The lowest BCUT2D eigenvalue weighted by molar-refractivity contribution is -0.396. The molecule has 7 heteroatoms. The number of halogens is 6. The van der Waals surface area contributed by atoms with Crippen molar-refractivity contribution >= 4 is 0 Å². The highest BCUT2D eigenvalue weighted by Gasteiger charge is 2.70. The van der Waals surface area contributed by atoms with Gasteiger partial charge < -0.3 is 4.74 Å². The van der Waals surface area contributed by atoms with Crippen LogP contribution >= 0.6 is 0 Å². The lowest BCUT2D eigenvalue weighted by Gasteiger charge is -2.35. The fraction of sp³-hybridized carbons (Fsp3) is 1.00. The number of hydrogen-bond acceptors (Lipinski definition) is 1. The Hall–Kier alpha value is -0.460. The van der Waals surface area contributed by atoms with E-state index in [4.69, 9.17) is 0 Å². The van der Waals surface area contributed by atoms with Crippen molar-refractivity contribution in [1.29, 1.82) is 0 Å². The second-order valence-corrected chi connectivity index (χ2v) is 4.23. The molecule has 0 radical (unpaired) electrons. The van der Waals surface area contributed by atoms with E-state index in [0.717, 1.165) is 20.8 Å². The minimum atomic E-state index is -5.69. The van der Waals surface area contributed by atoms with E-state index < -0.39 is 23.6 Å². The molecule has 0 saturated carbocycles. The monoisotopic (exact) mass is 238 g/mol. The standard InChI is InChI=1S/C8H12F6O/c1-5(2,3)15-8(13,14)6(4,9)7(10,11)12/h1-4H3. The maximum absolute atomic E-state index is 12.9. The second-order valence-electron chi connectivity index (χ2n) is 4.23. The average Bonchev–Trinajstić information content (AvgIpc) is 1.77. The molecule has 0 spiro atoms. The Kier molecular flexibility index (Phi) is 3.43. The quantitative estimate of drug-likeness (QED) is 0.667. The molecule has 92 valence electrons. The Bertz CT molecular complexity index is 224. The van der Waals surface area contributed by atoms with Crippen LogP contribution in [0, 0.1) is 0 Å². The van der Waals surface area contributed by atoms with E-state index >= 15 is 0 Å². The Morgan fingerprint density at radius 1 is 0.733 bits per heavy atom. The topological polar surface area (TPSA) is 9.23 Å². The third kappa shape index (κ3) is 3.25. The first-order valence-corrected chi connectivity index (χ1v) is 4.04. The lowest BCUT2D eigenvalue weighted by Crippen LogP contribution is -2.56. The van der Waals surface area contributed by atoms with E-state index in [1.165, 1.54) is 0 Å². The zero-order valence-electron chi connectivity index (χ0n) is 8.68. The van der Waals surface area contributed by atoms with Gasteiger partial charge in [0.25, 0.3) is 5.67 Å². The highest BCUT2D eigenvalue weighted by molar-refractivity contribution is 4.91. The normalized spacial score (nSPS) is 18.8. The van der Waals surface area contributed by atoms with E-state index in [9.17, 15) is 26.3 Å². The summed E-state index contributed by atoms with van der Waals surface area (Å²) in [6, 6.07) is 0. The van der Waals surface area contributed by atoms with Crippen molar-refractivity contribution in [2.45, 2.75) is 51.2 Å². The molecule has 0 fully saturated rings. The first kappa shape index (κ1) is 14.5. The van der Waals surface area contributed by atoms with Crippen LogP contribution in [0.15, 0.2) is 0 Å². The molecule has 0 N–H and O–H groups in total. The molecule has 0 aromatic carbocycles. The van der Waals surface area contributed by atoms with Gasteiger partial charge in [0.15, 0.2) is 0 Å². The summed E-state index contributed by atoms with van der Waals surface area (Å²) in [6.07, 6.45) is -10.6. The average molecular weight is 238 g/mol. The first-order chi connectivity index (χ1) is 6.21. The van der Waals surface area contributed by atoms with Crippen LogP contribution in [0.2, 0.25) is 0 Å². The molecule has 0 aliphatic heterocycles. The van der Waals surface area contributed by atoms with Crippen molar-refractivity contribution < 1.29 is 31.1 Å². The summed E-state index contributed by atoms with van der Waals surface area (Å²) in [4.78, 5) is 0. The number of alkyl halides is 6. The molecule has 15 heavy (non-hydrogen) atoms. The molecule has 0 rings (SSSR count). The summed E-state index contributed by atoms with van der Waals surface area (Å²) < 4.78 is 78.4. The van der Waals surface area contributed by atoms with E-state index in [2.05, 4.69) is 4.74 Å². The van der Waals surface area contributed by atoms with Crippen molar-refractivity contribution in [2.75, 3.05) is 0 Å². The predicted octanol–water partition coefficient (Wildman–Crippen LogP) is 3.68. The highest BCUT2D eigenvalue weighted by Crippen LogP contribution is 2.46. The third-order valence-electron chi connectivity index (χ3n) is 1.51. The van der Waals surface area contributed by atoms with Crippen molar-refractivity contribution in [3.8, 4) is 0 Å². The summed E-state index contributed by atoms with van der Waals surface area (Å²) >= 11 is 0. The Morgan fingerprint density at radius 3 is 1.27 bits per heavy atom. The van der Waals surface area contributed by atoms with Gasteiger partial charge in [-0.15, -0.1) is 0 Å². The molecule has 0 aliphatic rings. The molecular formula is C8H12F6O. The highest BCUT2D eigenvalue weighted by atomic mass is 19.4. The summed E-state index contributed by atoms with van der Waals surface area (Å²) in [6.45, 7) is 3.06. The van der Waals surface area contributed by atoms with Crippen LogP contribution < -0.4 is 0 Å². The van der Waals surface area contributed by atoms with Gasteiger partial charge >= 0.3 is 12.3 Å². The van der Waals surface area contributed by atoms with Crippen LogP contribution in [0.25, 0.3) is 0 Å². The van der Waals surface area contributed by atoms with Gasteiger partial charge in [0.1, 0.15) is 0 Å². The first-order valence-electron chi connectivity index (χ1n) is 4.04. The molecule has 1 unspecified atom stereocenters. The van der Waals surface area contributed by atoms with E-state index in [1.807, 2.05) is 0 Å². The Morgan fingerprint density at radius 2 is 1.07 bits per heavy atom. The van der Waals surface area contributed by atoms with Crippen molar-refractivity contribution in [2.24, 2.45) is 0 Å². The molecule has 1 atom stereocenters. The van der Waals surface area contributed by atoms with Crippen LogP contribution in [0.4, 0.5) is 26.3 Å². The fourth-order valence-corrected chi connectivity index (χ4v) is 0.645. The molecule has 0 heterocycles. The summed E-state index contributed by atoms with van der Waals surface area (Å²) in [7, 11) is 0. The van der Waals surface area contributed by atoms with E-state index in [1.54, 1.807) is 0 Å². The SMILES string of the molecule is CC(C)(C)OC(F)(F)C(C)(F)C(F)(F)F. The van der Waals surface area contributed by atoms with Gasteiger partial charge in [0.05, 0.1) is 5.60 Å². The molecule has 0 aromatic rings. The second kappa shape index (κ2) is 3.54. The zero-order valence-corrected chi connectivity index (χ0v) is 8.68. The summed E-state index contributed by atoms with van der Waals surface area (Å²) in [5.74, 6) is 0. The van der Waals surface area contributed by atoms with Crippen LogP contribution in [0.1, 0.15) is 27.7 Å². The molecule has 1 nitrogen and oxygen atoms in total. The minimum absolute atomic E-state index is 0.251. The lowest BCUT2D eigenvalue weighted by atomic mass is 10.1. The smallest absolute Gasteiger partial charge is 0.312 e. The van der Waals surface area contributed by atoms with Gasteiger partial charge in [-0.05, 0) is 27.7 Å². The zero-order chi connectivity index (χ0) is 12.7. The van der Waals surface area contributed by atoms with Gasteiger partial charge in [0, 0.05) is 0 Å². The van der Waals surface area contributed by atoms with Gasteiger partial charge in [-0.25, -0.2) is 4.39 Å². The Labute approximate surface area is 83.4 Å². The van der Waals surface area contributed by atoms with E-state index in [0.29, 0.717) is 0 Å². The maximum atomic E-state index is 12.9. The van der Waals surface area contributed by atoms with Crippen LogP contribution in [-0.2, 0) is 4.74 Å². The van der Waals surface area contributed by atoms with E-state index in [-0.39, 0.29) is 6.92 Å². The van der Waals surface area contributed by atoms with Crippen LogP contribution in [0.3, 0.4) is 0 Å². The molecular weight excluding hydrogens is 226 g/mol. The van der Waals surface area contributed by atoms with Gasteiger partial charge in [-0.3, -0.25) is 0 Å². The predicted molar refractivity (Wildman–Crippen MR) is 41.4 cm³/mol. The van der Waals surface area contributed by atoms with Crippen molar-refractivity contribution in [3.05, 3.63) is 0 Å². The number of hydrogen-bond donors (Lipinski definition) is 0. The largest absolute Gasteiger partial charge is 0.430 e. The molecule has 0 aliphatic carbocycles. The summed E-state index contributed by atoms with van der Waals surface area (Å²) in [5, 5.41) is 0. The van der Waals surface area contributed by atoms with Gasteiger partial charge in [-0.2, -0.15) is 22.0 Å². The van der Waals surface area contributed by atoms with Crippen LogP contribution in [0.5, 0.6) is 0 Å². The Balaban J connectivity index is 5.03. The van der Waals surface area contributed by atoms with Crippen molar-refractivity contribution in [1.82, 2.24) is 0 Å². The fourth-order valence-electron chi connectivity index (χ4n) is 0.645. The van der Waals surface area contributed by atoms with Crippen LogP contribution in [-0.4, -0.2) is 23.6 Å². The molecule has 0 saturated heterocycles. The van der Waals surface area contributed by atoms with Crippen molar-refractivity contribution in [3.63, 3.8) is 0 Å². The third-order valence-corrected chi connectivity index (χ3v) is 1.51. The number of rotatable bonds is 2. The molecule has 0 amide bonds. The van der Waals surface area contributed by atoms with Gasteiger partial charge in [-0.1, -0.05) is 0 Å². The number of ether oxygens (including phenoxy) is 1. The summed E-state index contributed by atoms with van der Waals surface area (Å²) in [5.41, 5.74) is -6.30. The minimum Gasteiger partial charge on any atom is -0.312 e. The van der Waals surface area contributed by atoms with Gasteiger partial charge in [0.2, 0.25) is 0 Å². The molecule has 0 aromatic heterocycles. The molecule has 0 bridgehead atoms. The maximum Gasteiger partial charge on any atom is 0.430 e.